The van der Waals surface area contributed by atoms with E-state index in [0.717, 1.165) is 218 Å². The van der Waals surface area contributed by atoms with Crippen molar-refractivity contribution >= 4 is 217 Å². The molecule has 0 spiro atoms. The molecule has 2 fully saturated rings. The van der Waals surface area contributed by atoms with Crippen LogP contribution in [0.15, 0.2) is 114 Å². The molecule has 35 nitrogen and oxygen atoms in total. The predicted molar refractivity (Wildman–Crippen MR) is 535 cm³/mol. The van der Waals surface area contributed by atoms with Crippen LogP contribution in [0.3, 0.4) is 0 Å². The SMILES string of the molecule is CC(C)(C)CNCCn1c(Sc2cc3c(cc2[124I])OCCO3)nc2c(N)ncnc21.CC(C)(C)CNCCn1c(Sc2cc3c(cc2[131I])OCCO3)nc2c(N)ncnc21.C[C@H](O)C(=O)N1CCC(CCn2c(Sc3cc4c(cc3[124I])CCCO4)nc3c(N)ncnc32)CC1.C[C@H](O)C(=O)N1CCC(CCn2c(Sc3cc4c(cc3[131I])OCCO4)nc3c(N)ncnc32)CC1. The fraction of sp³-hybridized carbons (Fsp3) is 0.471. The maximum Gasteiger partial charge on any atom is 0.251 e. The average Bonchev–Trinajstić information content (AvgIpc) is 1.64. The number of aliphatic hydroxyl groups excluding tert-OH is 2. The number of rotatable bonds is 24. The topological polar surface area (TPSA) is 448 Å². The van der Waals surface area contributed by atoms with Gasteiger partial charge in [0.05, 0.1) is 6.61 Å². The van der Waals surface area contributed by atoms with Crippen LogP contribution in [0.1, 0.15) is 106 Å². The first-order valence-corrected chi connectivity index (χ1v) is 50.7. The second-order valence-corrected chi connectivity index (χ2v) is 43.1. The number of carbonyl (C=O) groups is 2. The summed E-state index contributed by atoms with van der Waals surface area (Å²) >= 11 is 15.6. The Kier molecular flexibility index (Phi) is 32.3. The highest BCUT2D eigenvalue weighted by Gasteiger charge is 2.32. The number of aliphatic hydroxyl groups is 2. The zero-order valence-corrected chi connectivity index (χ0v) is 85.3. The summed E-state index contributed by atoms with van der Waals surface area (Å²) in [5.74, 6) is 7.64. The summed E-state index contributed by atoms with van der Waals surface area (Å²) in [6.45, 7) is 29.6. The number of aromatic nitrogens is 16. The van der Waals surface area contributed by atoms with E-state index in [9.17, 15) is 19.8 Å². The molecule has 0 bridgehead atoms. The highest BCUT2D eigenvalue weighted by atomic mass is 131. The number of piperidine rings is 2. The molecule has 18 rings (SSSR count). The van der Waals surface area contributed by atoms with Crippen molar-refractivity contribution < 1.29 is 53.0 Å². The first kappa shape index (κ1) is 96.6. The Morgan fingerprint density at radius 2 is 0.738 bits per heavy atom. The number of hydrogen-bond donors (Lipinski definition) is 8. The van der Waals surface area contributed by atoms with Crippen molar-refractivity contribution in [1.29, 1.82) is 0 Å². The van der Waals surface area contributed by atoms with Gasteiger partial charge in [0.25, 0.3) is 11.8 Å². The molecule has 43 heteroatoms. The minimum atomic E-state index is -0.947. The van der Waals surface area contributed by atoms with Gasteiger partial charge in [0.15, 0.2) is 123 Å². The molecule has 12 N–H and O–H groups in total. The number of halogens is 4. The lowest BCUT2D eigenvalue weighted by molar-refractivity contribution is -0.141. The summed E-state index contributed by atoms with van der Waals surface area (Å²) in [5.41, 5.74) is 31.6. The average molecular weight is 2300 g/mol. The van der Waals surface area contributed by atoms with E-state index in [-0.39, 0.29) is 22.6 Å². The Bertz CT molecular complexity index is 5700. The minimum absolute atomic E-state index is 0.182. The number of anilines is 4. The van der Waals surface area contributed by atoms with Gasteiger partial charge in [0.1, 0.15) is 82.9 Å². The molecule has 2 atom stereocenters. The number of fused-ring (bicyclic) bond motifs is 8. The Labute approximate surface area is 824 Å². The molecule has 2 amide bonds. The summed E-state index contributed by atoms with van der Waals surface area (Å²) in [4.78, 5) is 85.4. The number of amides is 2. The third-order valence-electron chi connectivity index (χ3n) is 22.1. The summed E-state index contributed by atoms with van der Waals surface area (Å²) in [6.07, 6.45) is 11.7. The van der Waals surface area contributed by atoms with Crippen LogP contribution in [0.5, 0.6) is 40.2 Å². The fourth-order valence-electron chi connectivity index (χ4n) is 15.4. The summed E-state index contributed by atoms with van der Waals surface area (Å²) < 4.78 is 53.1. The molecule has 0 saturated carbocycles. The summed E-state index contributed by atoms with van der Waals surface area (Å²) in [7, 11) is 0. The van der Waals surface area contributed by atoms with Crippen molar-refractivity contribution in [3.05, 3.63) is 93.7 Å². The van der Waals surface area contributed by atoms with Gasteiger partial charge in [0.2, 0.25) is 0 Å². The van der Waals surface area contributed by atoms with Gasteiger partial charge in [-0.25, -0.2) is 59.8 Å². The molecule has 12 aromatic rings. The number of ether oxygens (including phenoxy) is 7. The molecule has 6 aliphatic rings. The number of nitrogen functional groups attached to an aromatic ring is 4. The number of likely N-dealkylation sites (tertiary alicyclic amines) is 2. The van der Waals surface area contributed by atoms with E-state index in [1.807, 2.05) is 36.4 Å². The second-order valence-electron chi connectivity index (χ2n) is 34.4. The van der Waals surface area contributed by atoms with Gasteiger partial charge < -0.3 is 105 Å². The predicted octanol–water partition coefficient (Wildman–Crippen LogP) is 13.6. The van der Waals surface area contributed by atoms with Crippen LogP contribution >= 0.6 is 137 Å². The van der Waals surface area contributed by atoms with Crippen molar-refractivity contribution in [2.24, 2.45) is 22.7 Å². The number of benzene rings is 4. The third kappa shape index (κ3) is 24.0. The minimum Gasteiger partial charge on any atom is -0.493 e. The number of hydrogen-bond acceptors (Lipinski definition) is 33. The van der Waals surface area contributed by atoms with Crippen LogP contribution in [-0.2, 0) is 42.2 Å². The zero-order valence-electron chi connectivity index (χ0n) is 73.4. The molecule has 14 heterocycles. The number of nitrogens with zero attached hydrogens (tertiary/aromatic N) is 18. The first-order chi connectivity index (χ1) is 62.4. The van der Waals surface area contributed by atoms with Crippen molar-refractivity contribution in [2.75, 3.05) is 122 Å². The van der Waals surface area contributed by atoms with Crippen LogP contribution in [0, 0.1) is 36.9 Å². The molecule has 2 saturated heterocycles. The molecular weight excluding hydrogens is 2200 g/mol. The van der Waals surface area contributed by atoms with Gasteiger partial charge in [-0.05, 0) is 232 Å². The highest BCUT2D eigenvalue weighted by Crippen LogP contribution is 2.46. The lowest BCUT2D eigenvalue weighted by Gasteiger charge is -2.32. The lowest BCUT2D eigenvalue weighted by atomic mass is 9.93. The fourth-order valence-corrected chi connectivity index (χ4v) is 22.3. The zero-order chi connectivity index (χ0) is 91.7. The Hall–Kier alpha value is -8.02. The first-order valence-electron chi connectivity index (χ1n) is 43.1. The van der Waals surface area contributed by atoms with Crippen LogP contribution in [0.2, 0.25) is 0 Å². The molecular formula is C87H106I4N24O11S4. The number of nitrogens with one attached hydrogen (secondary N) is 2. The van der Waals surface area contributed by atoms with Crippen molar-refractivity contribution in [2.45, 2.75) is 185 Å². The molecule has 0 aliphatic carbocycles. The molecule has 8 aromatic heterocycles. The third-order valence-corrected chi connectivity index (χ3v) is 31.3. The quantitative estimate of drug-likeness (QED) is 0.0206. The number of nitrogens with two attached hydrogens (primary N) is 4. The van der Waals surface area contributed by atoms with E-state index >= 15 is 0 Å². The number of carbonyl (C=O) groups excluding carboxylic acids is 2. The molecule has 130 heavy (non-hydrogen) atoms. The molecule has 6 aliphatic heterocycles. The van der Waals surface area contributed by atoms with Crippen molar-refractivity contribution in [3.8, 4) is 40.2 Å². The van der Waals surface area contributed by atoms with E-state index in [1.165, 1.54) is 48.3 Å². The Morgan fingerprint density at radius 3 is 1.08 bits per heavy atom. The number of aryl methyl sites for hydroxylation is 3. The molecule has 4 aromatic carbocycles. The summed E-state index contributed by atoms with van der Waals surface area (Å²) in [5, 5.41) is 29.5. The molecule has 692 valence electrons. The summed E-state index contributed by atoms with van der Waals surface area (Å²) in [6, 6.07) is 16.3. The lowest BCUT2D eigenvalue weighted by Crippen LogP contribution is -2.43. The van der Waals surface area contributed by atoms with Gasteiger partial charge in [-0.3, -0.25) is 9.59 Å². The number of imidazole rings is 4. The van der Waals surface area contributed by atoms with Gasteiger partial charge >= 0.3 is 0 Å². The smallest absolute Gasteiger partial charge is 0.251 e. The monoisotopic (exact) mass is 2300 g/mol. The standard InChI is InChI=1S/C24H29IN6O3S.C23H27IN6O4S.2C20H25IN6O2S/c1-14(32)23(33)30-7-4-15(5-8-30)6-9-31-22-20(21(26)27-13-28-22)29-24(31)35-19-12-18-16(11-17(19)25)3-2-10-34-18;1-13(31)22(32)29-5-2-14(3-6-29)4-7-30-21-19(20(25)26-12-27-21)28-23(30)35-18-11-17-16(10-15(18)24)33-8-9-34-17;2*1-20(2,3)10-23-4-5-27-18-16(17(22)24-11-25-18)26-19(27)30-15-9-14-13(8-12(15)21)28-6-7-29-14/h11-15,32H,2-10H2,1H3,(H2,26,27,28);10-14,31H,2-9H2,1H3,(H2,25,26,27);2*8-9,11,23H,4-7,10H2,1-3H3,(H2,22,24,25)/t14-;13-;;/m00../s1/i25-3;24+4;21+4;21-3. The van der Waals surface area contributed by atoms with Crippen LogP contribution in [-0.4, -0.2) is 221 Å². The van der Waals surface area contributed by atoms with E-state index in [2.05, 4.69) is 213 Å². The van der Waals surface area contributed by atoms with Crippen molar-refractivity contribution in [3.63, 3.8) is 0 Å². The van der Waals surface area contributed by atoms with Gasteiger partial charge in [-0.2, -0.15) is 0 Å². The van der Waals surface area contributed by atoms with Crippen molar-refractivity contribution in [1.82, 2.24) is 98.5 Å². The maximum absolute atomic E-state index is 12.1. The Balaban J connectivity index is 0.000000133. The van der Waals surface area contributed by atoms with E-state index < -0.39 is 12.2 Å². The Morgan fingerprint density at radius 1 is 0.438 bits per heavy atom. The van der Waals surface area contributed by atoms with Crippen LogP contribution in [0.25, 0.3) is 44.7 Å². The van der Waals surface area contributed by atoms with E-state index in [1.54, 1.807) is 56.8 Å². The van der Waals surface area contributed by atoms with Gasteiger partial charge in [-0.15, -0.1) is 0 Å². The van der Waals surface area contributed by atoms with Crippen LogP contribution in [0.4, 0.5) is 23.3 Å². The normalized spacial score (nSPS) is 15.6. The van der Waals surface area contributed by atoms with Gasteiger partial charge in [-0.1, -0.05) is 88.6 Å². The van der Waals surface area contributed by atoms with E-state index in [0.29, 0.717) is 129 Å². The van der Waals surface area contributed by atoms with Gasteiger partial charge in [0, 0.05) is 112 Å². The maximum atomic E-state index is 12.1. The van der Waals surface area contributed by atoms with E-state index in [4.69, 9.17) is 76.0 Å². The second kappa shape index (κ2) is 43.5. The highest BCUT2D eigenvalue weighted by molar-refractivity contribution is 14.1. The molecule has 0 unspecified atom stereocenters. The molecule has 0 radical (unpaired) electrons. The van der Waals surface area contributed by atoms with Crippen LogP contribution < -0.4 is 66.7 Å². The largest absolute Gasteiger partial charge is 0.493 e.